The van der Waals surface area contributed by atoms with E-state index >= 15 is 0 Å². The normalized spacial score (nSPS) is 26.4. The van der Waals surface area contributed by atoms with Crippen LogP contribution in [-0.4, -0.2) is 22.1 Å². The Hall–Kier alpha value is -0.715. The summed E-state index contributed by atoms with van der Waals surface area (Å²) < 4.78 is 17.7. The molecule has 0 saturated carbocycles. The molecule has 1 aromatic carbocycles. The first-order valence-corrected chi connectivity index (χ1v) is 8.03. The van der Waals surface area contributed by atoms with E-state index in [1.165, 1.54) is 0 Å². The van der Waals surface area contributed by atoms with Crippen molar-refractivity contribution in [2.45, 2.75) is 23.8 Å². The molecule has 1 aliphatic heterocycles. The maximum atomic E-state index is 12.6. The third-order valence-electron chi connectivity index (χ3n) is 3.58. The largest absolute Gasteiger partial charge is 0.606 e. The average Bonchev–Trinajstić information content (AvgIpc) is 2.82. The molecule has 0 amide bonds. The lowest BCUT2D eigenvalue weighted by atomic mass is 9.80. The zero-order chi connectivity index (χ0) is 14.3. The van der Waals surface area contributed by atoms with Gasteiger partial charge in [0.1, 0.15) is 0 Å². The van der Waals surface area contributed by atoms with Crippen LogP contribution in [0.4, 0.5) is 0 Å². The zero-order valence-corrected chi connectivity index (χ0v) is 12.5. The van der Waals surface area contributed by atoms with Crippen LogP contribution in [0.5, 0.6) is 0 Å². The predicted molar refractivity (Wildman–Crippen MR) is 81.3 cm³/mol. The van der Waals surface area contributed by atoms with E-state index in [2.05, 4.69) is 0 Å². The van der Waals surface area contributed by atoms with Crippen molar-refractivity contribution in [2.75, 3.05) is 0 Å². The van der Waals surface area contributed by atoms with Gasteiger partial charge in [-0.3, -0.25) is 0 Å². The van der Waals surface area contributed by atoms with Crippen LogP contribution in [0, 0.1) is 5.92 Å². The fraction of sp³-hybridized carbons (Fsp3) is 0.286. The van der Waals surface area contributed by atoms with Crippen molar-refractivity contribution in [2.24, 2.45) is 5.92 Å². The highest BCUT2D eigenvalue weighted by atomic mass is 35.5. The van der Waals surface area contributed by atoms with Gasteiger partial charge >= 0.3 is 7.12 Å². The third kappa shape index (κ3) is 2.56. The summed E-state index contributed by atoms with van der Waals surface area (Å²) in [5.41, 5.74) is 1.65. The highest BCUT2D eigenvalue weighted by Crippen LogP contribution is 2.28. The topological polar surface area (TPSA) is 52.5 Å². The summed E-state index contributed by atoms with van der Waals surface area (Å²) in [6, 6.07) is 5.44. The Labute approximate surface area is 126 Å². The van der Waals surface area contributed by atoms with Crippen LogP contribution in [0.1, 0.15) is 12.5 Å². The van der Waals surface area contributed by atoms with E-state index in [0.717, 1.165) is 10.5 Å². The lowest BCUT2D eigenvalue weighted by molar-refractivity contribution is 0.275. The van der Waals surface area contributed by atoms with Crippen LogP contribution in [-0.2, 0) is 22.4 Å². The summed E-state index contributed by atoms with van der Waals surface area (Å²) in [5.74, 6) is 0.156. The summed E-state index contributed by atoms with van der Waals surface area (Å²) in [5, 5.41) is 9.66. The number of halogens is 1. The molecule has 1 aromatic rings. The molecule has 0 bridgehead atoms. The maximum absolute atomic E-state index is 12.6. The van der Waals surface area contributed by atoms with Gasteiger partial charge in [0.2, 0.25) is 0 Å². The SMILES string of the molecule is CC1C=C([S+]([O-])c2ccc3c(c2)B(O)OC3)C=CC1Cl. The molecule has 3 nitrogen and oxygen atoms in total. The highest BCUT2D eigenvalue weighted by Gasteiger charge is 2.30. The molecule has 6 heteroatoms. The van der Waals surface area contributed by atoms with E-state index in [9.17, 15) is 9.58 Å². The lowest BCUT2D eigenvalue weighted by Gasteiger charge is -2.19. The summed E-state index contributed by atoms with van der Waals surface area (Å²) in [6.45, 7) is 2.40. The zero-order valence-electron chi connectivity index (χ0n) is 11.0. The van der Waals surface area contributed by atoms with E-state index in [1.54, 1.807) is 6.07 Å². The molecule has 1 N–H and O–H groups in total. The summed E-state index contributed by atoms with van der Waals surface area (Å²) in [4.78, 5) is 1.42. The third-order valence-corrected chi connectivity index (χ3v) is 5.51. The number of hydrogen-bond donors (Lipinski definition) is 1. The van der Waals surface area contributed by atoms with Crippen molar-refractivity contribution in [3.8, 4) is 0 Å². The van der Waals surface area contributed by atoms with Gasteiger partial charge < -0.3 is 14.2 Å². The second kappa shape index (κ2) is 5.58. The Balaban J connectivity index is 1.88. The lowest BCUT2D eigenvalue weighted by Crippen LogP contribution is -2.28. The molecule has 3 unspecified atom stereocenters. The van der Waals surface area contributed by atoms with Crippen LogP contribution in [0.15, 0.2) is 46.2 Å². The molecule has 1 aliphatic carbocycles. The molecule has 104 valence electrons. The van der Waals surface area contributed by atoms with Crippen LogP contribution < -0.4 is 5.46 Å². The number of hydrogen-bond acceptors (Lipinski definition) is 3. The van der Waals surface area contributed by atoms with Crippen LogP contribution in [0.3, 0.4) is 0 Å². The Morgan fingerprint density at radius 2 is 2.30 bits per heavy atom. The maximum Gasteiger partial charge on any atom is 0.491 e. The number of alkyl halides is 1. The molecular weight excluding hydrogens is 294 g/mol. The second-order valence-electron chi connectivity index (χ2n) is 5.02. The first-order chi connectivity index (χ1) is 9.56. The summed E-state index contributed by atoms with van der Waals surface area (Å²) in [7, 11) is -0.913. The van der Waals surface area contributed by atoms with Crippen molar-refractivity contribution in [1.82, 2.24) is 0 Å². The van der Waals surface area contributed by atoms with Crippen molar-refractivity contribution < 1.29 is 14.2 Å². The minimum absolute atomic E-state index is 0.0500. The molecule has 20 heavy (non-hydrogen) atoms. The van der Waals surface area contributed by atoms with Gasteiger partial charge in [-0.2, -0.15) is 0 Å². The molecule has 0 aromatic heterocycles. The number of allylic oxidation sites excluding steroid dienone is 3. The van der Waals surface area contributed by atoms with Gasteiger partial charge in [-0.25, -0.2) is 0 Å². The highest BCUT2D eigenvalue weighted by molar-refractivity contribution is 7.95. The van der Waals surface area contributed by atoms with E-state index in [1.807, 2.05) is 37.3 Å². The standard InChI is InChI=1S/C14H14BClO3S/c1-9-6-11(4-5-14(9)16)20(18)12-3-2-10-8-19-15(17)13(10)7-12/h2-7,9,14,17H,8H2,1H3. The molecule has 1 heterocycles. The Kier molecular flexibility index (Phi) is 3.97. The van der Waals surface area contributed by atoms with E-state index in [-0.39, 0.29) is 11.3 Å². The van der Waals surface area contributed by atoms with Gasteiger partial charge in [-0.1, -0.05) is 19.1 Å². The molecule has 0 radical (unpaired) electrons. The second-order valence-corrected chi connectivity index (χ2v) is 7.01. The Morgan fingerprint density at radius 3 is 3.05 bits per heavy atom. The monoisotopic (exact) mass is 308 g/mol. The van der Waals surface area contributed by atoms with Gasteiger partial charge in [0.05, 0.1) is 12.0 Å². The van der Waals surface area contributed by atoms with E-state index in [4.69, 9.17) is 16.3 Å². The van der Waals surface area contributed by atoms with E-state index in [0.29, 0.717) is 17.0 Å². The van der Waals surface area contributed by atoms with Crippen molar-refractivity contribution >= 4 is 35.4 Å². The number of benzene rings is 1. The fourth-order valence-corrected chi connectivity index (χ4v) is 3.72. The first kappa shape index (κ1) is 14.2. The minimum Gasteiger partial charge on any atom is -0.606 e. The molecule has 3 rings (SSSR count). The van der Waals surface area contributed by atoms with Crippen LogP contribution >= 0.6 is 11.6 Å². The van der Waals surface area contributed by atoms with Gasteiger partial charge in [-0.15, -0.1) is 11.6 Å². The van der Waals surface area contributed by atoms with Crippen molar-refractivity contribution in [3.05, 3.63) is 46.9 Å². The van der Waals surface area contributed by atoms with E-state index < -0.39 is 18.3 Å². The average molecular weight is 309 g/mol. The van der Waals surface area contributed by atoms with Gasteiger partial charge in [0, 0.05) is 11.2 Å². The summed E-state index contributed by atoms with van der Waals surface area (Å²) >= 11 is 4.84. The molecule has 3 atom stereocenters. The summed E-state index contributed by atoms with van der Waals surface area (Å²) in [6.07, 6.45) is 5.62. The van der Waals surface area contributed by atoms with Crippen molar-refractivity contribution in [1.29, 1.82) is 0 Å². The van der Waals surface area contributed by atoms with Crippen molar-refractivity contribution in [3.63, 3.8) is 0 Å². The minimum atomic E-state index is -1.26. The number of fused-ring (bicyclic) bond motifs is 1. The molecule has 0 saturated heterocycles. The van der Waals surface area contributed by atoms with Crippen LogP contribution in [0.25, 0.3) is 0 Å². The number of rotatable bonds is 2. The van der Waals surface area contributed by atoms with Gasteiger partial charge in [0.25, 0.3) is 0 Å². The Bertz CT molecular complexity index is 590. The van der Waals surface area contributed by atoms with Gasteiger partial charge in [0.15, 0.2) is 9.80 Å². The first-order valence-electron chi connectivity index (χ1n) is 6.44. The smallest absolute Gasteiger partial charge is 0.491 e. The fourth-order valence-electron chi connectivity index (χ4n) is 2.34. The molecule has 0 spiro atoms. The molecule has 0 fully saturated rings. The quantitative estimate of drug-likeness (QED) is 0.514. The predicted octanol–water partition coefficient (Wildman–Crippen LogP) is 1.71. The Morgan fingerprint density at radius 1 is 1.50 bits per heavy atom. The molecular formula is C14H14BClO3S. The van der Waals surface area contributed by atoms with Crippen LogP contribution in [0.2, 0.25) is 0 Å². The van der Waals surface area contributed by atoms with Gasteiger partial charge in [-0.05, 0) is 41.2 Å². The molecule has 2 aliphatic rings.